The van der Waals surface area contributed by atoms with E-state index in [0.717, 1.165) is 17.8 Å². The van der Waals surface area contributed by atoms with E-state index >= 15 is 0 Å². The summed E-state index contributed by atoms with van der Waals surface area (Å²) in [5.74, 6) is 0. The lowest BCUT2D eigenvalue weighted by Gasteiger charge is -2.06. The summed E-state index contributed by atoms with van der Waals surface area (Å²) in [6.45, 7) is 0. The predicted octanol–water partition coefficient (Wildman–Crippen LogP) is 6.94. The van der Waals surface area contributed by atoms with Gasteiger partial charge < -0.3 is 0 Å². The van der Waals surface area contributed by atoms with Crippen molar-refractivity contribution in [2.24, 2.45) is 0 Å². The Kier molecular flexibility index (Phi) is 13.8. The minimum atomic E-state index is -2.34. The van der Waals surface area contributed by atoms with Crippen LogP contribution in [0.2, 0.25) is 6.04 Å². The number of rotatable bonds is 12. The first-order chi connectivity index (χ1) is 8.06. The minimum absolute atomic E-state index is 0.824. The number of halogens is 4. The van der Waals surface area contributed by atoms with Crippen LogP contribution in [-0.4, -0.2) is 11.3 Å². The van der Waals surface area contributed by atoms with Gasteiger partial charge in [0.2, 0.25) is 0 Å². The van der Waals surface area contributed by atoms with Crippen molar-refractivity contribution < 1.29 is 0 Å². The number of hydrogen-bond acceptors (Lipinski definition) is 0. The van der Waals surface area contributed by atoms with E-state index in [1.807, 2.05) is 0 Å². The van der Waals surface area contributed by atoms with Crippen LogP contribution >= 0.6 is 49.2 Å². The Morgan fingerprint density at radius 3 is 1.29 bits per heavy atom. The fourth-order valence-corrected chi connectivity index (χ4v) is 4.08. The largest absolute Gasteiger partial charge is 0.341 e. The standard InChI is InChI=1S/C12H24BrCl3Si/c13-11-9-7-5-3-1-2-4-6-8-10-12-17(14,15)16/h1-12H2. The van der Waals surface area contributed by atoms with Gasteiger partial charge in [0.15, 0.2) is 0 Å². The van der Waals surface area contributed by atoms with Gasteiger partial charge in [-0.2, -0.15) is 0 Å². The van der Waals surface area contributed by atoms with Crippen LogP contribution in [0.25, 0.3) is 0 Å². The highest BCUT2D eigenvalue weighted by Gasteiger charge is 2.23. The van der Waals surface area contributed by atoms with E-state index in [9.17, 15) is 0 Å². The van der Waals surface area contributed by atoms with Crippen molar-refractivity contribution in [1.82, 2.24) is 0 Å². The summed E-state index contributed by atoms with van der Waals surface area (Å²) in [7, 11) is 0. The van der Waals surface area contributed by atoms with Crippen molar-refractivity contribution in [3.05, 3.63) is 0 Å². The molecule has 0 spiro atoms. The second-order valence-electron chi connectivity index (χ2n) is 4.59. The Labute approximate surface area is 130 Å². The van der Waals surface area contributed by atoms with Crippen LogP contribution in [0.4, 0.5) is 0 Å². The quantitative estimate of drug-likeness (QED) is 0.148. The van der Waals surface area contributed by atoms with Crippen LogP contribution < -0.4 is 0 Å². The van der Waals surface area contributed by atoms with Crippen LogP contribution in [-0.2, 0) is 0 Å². The Balaban J connectivity index is 2.99. The molecule has 0 rings (SSSR count). The zero-order valence-corrected chi connectivity index (χ0v) is 15.4. The molecule has 0 heterocycles. The fraction of sp³-hybridized carbons (Fsp3) is 1.00. The second-order valence-corrected chi connectivity index (χ2v) is 14.7. The molecule has 0 saturated heterocycles. The molecule has 104 valence electrons. The van der Waals surface area contributed by atoms with E-state index in [1.54, 1.807) is 0 Å². The summed E-state index contributed by atoms with van der Waals surface area (Å²) < 4.78 is 0. The normalized spacial score (nSPS) is 12.0. The van der Waals surface area contributed by atoms with Crippen LogP contribution in [0.3, 0.4) is 0 Å². The summed E-state index contributed by atoms with van der Waals surface area (Å²) in [6.07, 6.45) is 13.2. The van der Waals surface area contributed by atoms with E-state index in [-0.39, 0.29) is 0 Å². The molecule has 0 nitrogen and oxygen atoms in total. The van der Waals surface area contributed by atoms with Crippen molar-refractivity contribution >= 4 is 55.2 Å². The smallest absolute Gasteiger partial charge is 0.126 e. The molecule has 0 aliphatic heterocycles. The van der Waals surface area contributed by atoms with Gasteiger partial charge in [-0.1, -0.05) is 73.7 Å². The minimum Gasteiger partial charge on any atom is -0.126 e. The molecule has 0 unspecified atom stereocenters. The zero-order chi connectivity index (χ0) is 13.0. The van der Waals surface area contributed by atoms with Gasteiger partial charge in [-0.05, 0) is 12.5 Å². The molecule has 0 atom stereocenters. The third kappa shape index (κ3) is 17.6. The SMILES string of the molecule is Cl[Si](Cl)(Cl)CCCCCCCCCCCCBr. The number of hydrogen-bond donors (Lipinski definition) is 0. The fourth-order valence-electron chi connectivity index (χ4n) is 1.83. The van der Waals surface area contributed by atoms with E-state index in [2.05, 4.69) is 15.9 Å². The topological polar surface area (TPSA) is 0 Å². The Morgan fingerprint density at radius 1 is 0.588 bits per heavy atom. The molecule has 0 N–H and O–H groups in total. The summed E-state index contributed by atoms with van der Waals surface area (Å²) in [5.41, 5.74) is 0. The molecule has 0 aromatic heterocycles. The highest BCUT2D eigenvalue weighted by molar-refractivity contribution is 9.09. The maximum atomic E-state index is 5.82. The first-order valence-corrected chi connectivity index (χ1v) is 13.1. The van der Waals surface area contributed by atoms with Crippen LogP contribution in [0.1, 0.15) is 64.2 Å². The number of unbranched alkanes of at least 4 members (excludes halogenated alkanes) is 9. The van der Waals surface area contributed by atoms with Gasteiger partial charge in [0.05, 0.1) is 0 Å². The molecule has 0 radical (unpaired) electrons. The molecule has 0 aromatic rings. The van der Waals surface area contributed by atoms with Gasteiger partial charge >= 0.3 is 6.00 Å². The molecule has 0 amide bonds. The lowest BCUT2D eigenvalue weighted by atomic mass is 10.1. The van der Waals surface area contributed by atoms with E-state index in [0.29, 0.717) is 0 Å². The van der Waals surface area contributed by atoms with Gasteiger partial charge in [0.1, 0.15) is 0 Å². The summed E-state index contributed by atoms with van der Waals surface area (Å²) in [6, 6.07) is -1.51. The predicted molar refractivity (Wildman–Crippen MR) is 88.1 cm³/mol. The van der Waals surface area contributed by atoms with Gasteiger partial charge in [0.25, 0.3) is 0 Å². The summed E-state index contributed by atoms with van der Waals surface area (Å²) >= 11 is 20.9. The highest BCUT2D eigenvalue weighted by Crippen LogP contribution is 2.27. The Bertz CT molecular complexity index is 162. The first-order valence-electron chi connectivity index (χ1n) is 6.69. The molecular formula is C12H24BrCl3Si. The lowest BCUT2D eigenvalue weighted by Crippen LogP contribution is -2.07. The third-order valence-corrected chi connectivity index (χ3v) is 6.03. The van der Waals surface area contributed by atoms with Gasteiger partial charge in [0, 0.05) is 5.33 Å². The monoisotopic (exact) mass is 380 g/mol. The average molecular weight is 383 g/mol. The Hall–Kier alpha value is 1.57. The molecule has 5 heteroatoms. The van der Waals surface area contributed by atoms with Gasteiger partial charge in [-0.15, -0.1) is 33.2 Å². The molecule has 0 aliphatic rings. The summed E-state index contributed by atoms with van der Waals surface area (Å²) in [4.78, 5) is 0. The maximum Gasteiger partial charge on any atom is 0.341 e. The molecule has 17 heavy (non-hydrogen) atoms. The van der Waals surface area contributed by atoms with Crippen molar-refractivity contribution in [3.63, 3.8) is 0 Å². The molecule has 0 aromatic carbocycles. The van der Waals surface area contributed by atoms with Crippen molar-refractivity contribution in [2.75, 3.05) is 5.33 Å². The van der Waals surface area contributed by atoms with Crippen LogP contribution in [0.15, 0.2) is 0 Å². The lowest BCUT2D eigenvalue weighted by molar-refractivity contribution is 0.563. The van der Waals surface area contributed by atoms with Gasteiger partial charge in [-0.25, -0.2) is 0 Å². The Morgan fingerprint density at radius 2 is 0.941 bits per heavy atom. The second kappa shape index (κ2) is 12.6. The first kappa shape index (κ1) is 18.6. The molecular weight excluding hydrogens is 358 g/mol. The molecule has 0 fully saturated rings. The van der Waals surface area contributed by atoms with Crippen molar-refractivity contribution in [2.45, 2.75) is 70.3 Å². The van der Waals surface area contributed by atoms with Crippen LogP contribution in [0.5, 0.6) is 0 Å². The van der Waals surface area contributed by atoms with E-state index < -0.39 is 6.00 Å². The third-order valence-electron chi connectivity index (χ3n) is 2.84. The van der Waals surface area contributed by atoms with E-state index in [1.165, 1.54) is 57.8 Å². The molecule has 0 saturated carbocycles. The highest BCUT2D eigenvalue weighted by atomic mass is 79.9. The average Bonchev–Trinajstić information content (AvgIpc) is 2.24. The molecule has 0 bridgehead atoms. The van der Waals surface area contributed by atoms with E-state index in [4.69, 9.17) is 33.2 Å². The van der Waals surface area contributed by atoms with Gasteiger partial charge in [-0.3, -0.25) is 0 Å². The van der Waals surface area contributed by atoms with Crippen molar-refractivity contribution in [1.29, 1.82) is 0 Å². The van der Waals surface area contributed by atoms with Crippen LogP contribution in [0, 0.1) is 0 Å². The number of alkyl halides is 1. The molecule has 0 aliphatic carbocycles. The zero-order valence-electron chi connectivity index (χ0n) is 10.5. The summed E-state index contributed by atoms with van der Waals surface area (Å²) in [5, 5.41) is 1.15. The maximum absolute atomic E-state index is 5.82. The van der Waals surface area contributed by atoms with Crippen molar-refractivity contribution in [3.8, 4) is 0 Å².